The van der Waals surface area contributed by atoms with Crippen LogP contribution >= 0.6 is 0 Å². The smallest absolute Gasteiger partial charge is 0.200 e. The SMILES string of the molecule is O=c1c2cccccc-2nc2[nH]ncc12. The van der Waals surface area contributed by atoms with Crippen molar-refractivity contribution >= 4 is 11.0 Å². The second-order valence-electron chi connectivity index (χ2n) is 3.28. The van der Waals surface area contributed by atoms with E-state index < -0.39 is 0 Å². The summed E-state index contributed by atoms with van der Waals surface area (Å²) >= 11 is 0. The van der Waals surface area contributed by atoms with Crippen LogP contribution in [0, 0.1) is 0 Å². The maximum Gasteiger partial charge on any atom is 0.200 e. The summed E-state index contributed by atoms with van der Waals surface area (Å²) in [5.74, 6) is 0. The molecule has 0 spiro atoms. The van der Waals surface area contributed by atoms with E-state index in [-0.39, 0.29) is 5.43 Å². The van der Waals surface area contributed by atoms with Crippen molar-refractivity contribution in [3.8, 4) is 11.3 Å². The van der Waals surface area contributed by atoms with Gasteiger partial charge in [-0.1, -0.05) is 18.2 Å². The zero-order valence-electron chi connectivity index (χ0n) is 7.77. The van der Waals surface area contributed by atoms with Crippen LogP contribution in [-0.4, -0.2) is 15.2 Å². The third-order valence-corrected chi connectivity index (χ3v) is 2.36. The Hall–Kier alpha value is -2.23. The number of aromatic nitrogens is 3. The lowest BCUT2D eigenvalue weighted by Gasteiger charge is -1.97. The number of pyridine rings is 1. The van der Waals surface area contributed by atoms with Gasteiger partial charge in [0.2, 0.25) is 5.43 Å². The molecule has 0 radical (unpaired) electrons. The fourth-order valence-electron chi connectivity index (χ4n) is 1.62. The van der Waals surface area contributed by atoms with Crippen LogP contribution in [0.15, 0.2) is 41.3 Å². The number of hydrogen-bond acceptors (Lipinski definition) is 3. The average Bonchev–Trinajstić information content (AvgIpc) is 2.56. The molecule has 0 amide bonds. The van der Waals surface area contributed by atoms with E-state index in [4.69, 9.17) is 0 Å². The summed E-state index contributed by atoms with van der Waals surface area (Å²) in [6, 6.07) is 9.15. The van der Waals surface area contributed by atoms with Gasteiger partial charge in [0.15, 0.2) is 5.65 Å². The molecule has 2 heterocycles. The van der Waals surface area contributed by atoms with E-state index in [1.54, 1.807) is 6.07 Å². The second kappa shape index (κ2) is 2.88. The van der Waals surface area contributed by atoms with Crippen LogP contribution in [0.3, 0.4) is 0 Å². The van der Waals surface area contributed by atoms with Gasteiger partial charge in [-0.3, -0.25) is 9.89 Å². The molecule has 1 N–H and O–H groups in total. The Labute approximate surface area is 84.9 Å². The minimum absolute atomic E-state index is 0.0278. The quantitative estimate of drug-likeness (QED) is 0.593. The Morgan fingerprint density at radius 2 is 2.00 bits per heavy atom. The first-order valence-corrected chi connectivity index (χ1v) is 4.58. The van der Waals surface area contributed by atoms with Gasteiger partial charge in [-0.05, 0) is 12.1 Å². The van der Waals surface area contributed by atoms with Crippen LogP contribution in [0.2, 0.25) is 0 Å². The van der Waals surface area contributed by atoms with Gasteiger partial charge in [-0.25, -0.2) is 4.98 Å². The topological polar surface area (TPSA) is 58.6 Å². The molecule has 15 heavy (non-hydrogen) atoms. The van der Waals surface area contributed by atoms with Crippen LogP contribution in [0.1, 0.15) is 0 Å². The van der Waals surface area contributed by atoms with E-state index in [2.05, 4.69) is 15.2 Å². The summed E-state index contributed by atoms with van der Waals surface area (Å²) in [6.07, 6.45) is 1.51. The molecule has 72 valence electrons. The number of nitrogens with one attached hydrogen (secondary N) is 1. The van der Waals surface area contributed by atoms with Crippen molar-refractivity contribution in [1.29, 1.82) is 0 Å². The van der Waals surface area contributed by atoms with Gasteiger partial charge in [0.1, 0.15) is 0 Å². The van der Waals surface area contributed by atoms with E-state index in [0.717, 1.165) is 0 Å². The highest BCUT2D eigenvalue weighted by atomic mass is 16.1. The lowest BCUT2D eigenvalue weighted by Crippen LogP contribution is -2.06. The van der Waals surface area contributed by atoms with Crippen molar-refractivity contribution in [2.24, 2.45) is 0 Å². The molecule has 0 bridgehead atoms. The first kappa shape index (κ1) is 8.11. The molecule has 0 saturated heterocycles. The molecule has 3 rings (SSSR count). The van der Waals surface area contributed by atoms with E-state index in [0.29, 0.717) is 22.3 Å². The zero-order valence-corrected chi connectivity index (χ0v) is 7.77. The zero-order chi connectivity index (χ0) is 10.3. The van der Waals surface area contributed by atoms with Gasteiger partial charge in [0.25, 0.3) is 0 Å². The number of rotatable bonds is 0. The molecule has 1 aromatic rings. The minimum Gasteiger partial charge on any atom is -0.288 e. The maximum absolute atomic E-state index is 12.0. The van der Waals surface area contributed by atoms with Crippen LogP contribution in [0.25, 0.3) is 22.3 Å². The molecule has 0 unspecified atom stereocenters. The maximum atomic E-state index is 12.0. The molecular formula is C11H7N3O. The predicted molar refractivity (Wildman–Crippen MR) is 56.8 cm³/mol. The average molecular weight is 197 g/mol. The fraction of sp³-hybridized carbons (Fsp3) is 0. The third-order valence-electron chi connectivity index (χ3n) is 2.36. The number of H-pyrrole nitrogens is 1. The molecule has 0 aromatic carbocycles. The standard InChI is InChI=1S/C11H7N3O/c15-10-7-4-2-1-3-5-9(7)13-11-8(10)6-12-14-11/h1-6H,(H,12,14). The number of aromatic amines is 1. The predicted octanol–water partition coefficient (Wildman–Crippen LogP) is 1.42. The fourth-order valence-corrected chi connectivity index (χ4v) is 1.62. The molecule has 1 aliphatic carbocycles. The van der Waals surface area contributed by atoms with Crippen molar-refractivity contribution in [3.05, 3.63) is 46.8 Å². The van der Waals surface area contributed by atoms with Crippen LogP contribution in [0.5, 0.6) is 0 Å². The highest BCUT2D eigenvalue weighted by Crippen LogP contribution is 2.16. The van der Waals surface area contributed by atoms with Gasteiger partial charge < -0.3 is 0 Å². The Kier molecular flexibility index (Phi) is 1.56. The van der Waals surface area contributed by atoms with Crippen molar-refractivity contribution in [3.63, 3.8) is 0 Å². The largest absolute Gasteiger partial charge is 0.288 e. The van der Waals surface area contributed by atoms with Crippen molar-refractivity contribution in [2.45, 2.75) is 0 Å². The third kappa shape index (κ3) is 1.11. The molecule has 0 atom stereocenters. The highest BCUT2D eigenvalue weighted by molar-refractivity contribution is 5.81. The van der Waals surface area contributed by atoms with Gasteiger partial charge in [0, 0.05) is 5.56 Å². The molecular weight excluding hydrogens is 190 g/mol. The van der Waals surface area contributed by atoms with Crippen molar-refractivity contribution in [2.75, 3.05) is 0 Å². The first-order chi connectivity index (χ1) is 7.36. The molecule has 2 aliphatic rings. The van der Waals surface area contributed by atoms with Crippen LogP contribution in [-0.2, 0) is 0 Å². The number of fused-ring (bicyclic) bond motifs is 2. The van der Waals surface area contributed by atoms with E-state index in [1.165, 1.54) is 6.20 Å². The van der Waals surface area contributed by atoms with E-state index >= 15 is 0 Å². The Morgan fingerprint density at radius 1 is 1.13 bits per heavy atom. The number of hydrogen-bond donors (Lipinski definition) is 1. The summed E-state index contributed by atoms with van der Waals surface area (Å²) in [5.41, 5.74) is 1.81. The molecule has 0 saturated carbocycles. The second-order valence-corrected chi connectivity index (χ2v) is 3.28. The Bertz CT molecular complexity index is 659. The summed E-state index contributed by atoms with van der Waals surface area (Å²) in [7, 11) is 0. The molecule has 0 fully saturated rings. The minimum atomic E-state index is -0.0278. The van der Waals surface area contributed by atoms with Crippen LogP contribution in [0.4, 0.5) is 0 Å². The van der Waals surface area contributed by atoms with Gasteiger partial charge in [0.05, 0.1) is 17.3 Å². The van der Waals surface area contributed by atoms with Crippen LogP contribution < -0.4 is 5.43 Å². The lowest BCUT2D eigenvalue weighted by molar-refractivity contribution is 1.10. The Morgan fingerprint density at radius 3 is 2.93 bits per heavy atom. The van der Waals surface area contributed by atoms with E-state index in [9.17, 15) is 4.79 Å². The van der Waals surface area contributed by atoms with Gasteiger partial charge in [-0.15, -0.1) is 0 Å². The van der Waals surface area contributed by atoms with Gasteiger partial charge in [-0.2, -0.15) is 5.10 Å². The summed E-state index contributed by atoms with van der Waals surface area (Å²) in [5, 5.41) is 7.05. The summed E-state index contributed by atoms with van der Waals surface area (Å²) in [6.45, 7) is 0. The lowest BCUT2D eigenvalue weighted by atomic mass is 10.1. The highest BCUT2D eigenvalue weighted by Gasteiger charge is 2.10. The first-order valence-electron chi connectivity index (χ1n) is 4.58. The van der Waals surface area contributed by atoms with Crippen molar-refractivity contribution in [1.82, 2.24) is 15.2 Å². The van der Waals surface area contributed by atoms with Crippen molar-refractivity contribution < 1.29 is 0 Å². The molecule has 1 aliphatic heterocycles. The normalized spacial score (nSPS) is 10.9. The molecule has 4 heteroatoms. The molecule has 1 aromatic heterocycles. The monoisotopic (exact) mass is 197 g/mol. The summed E-state index contributed by atoms with van der Waals surface area (Å²) < 4.78 is 0. The van der Waals surface area contributed by atoms with E-state index in [1.807, 2.05) is 24.3 Å². The molecule has 4 nitrogen and oxygen atoms in total. The Balaban J connectivity index is 2.61. The summed E-state index contributed by atoms with van der Waals surface area (Å²) in [4.78, 5) is 16.3. The number of nitrogens with zero attached hydrogens (tertiary/aromatic N) is 2. The van der Waals surface area contributed by atoms with Gasteiger partial charge >= 0.3 is 0 Å².